The van der Waals surface area contributed by atoms with Gasteiger partial charge in [-0.1, -0.05) is 54.6 Å². The number of para-hydroxylation sites is 1. The Morgan fingerprint density at radius 3 is 2.62 bits per heavy atom. The van der Waals surface area contributed by atoms with Gasteiger partial charge in [0.2, 0.25) is 0 Å². The van der Waals surface area contributed by atoms with Gasteiger partial charge in [0.15, 0.2) is 6.10 Å². The average Bonchev–Trinajstić information content (AvgIpc) is 2.94. The summed E-state index contributed by atoms with van der Waals surface area (Å²) in [6.45, 7) is 12.1. The number of aromatic nitrogens is 1. The Balaban J connectivity index is 1.50. The van der Waals surface area contributed by atoms with Gasteiger partial charge in [-0.25, -0.2) is 4.79 Å². The maximum absolute atomic E-state index is 13.3. The van der Waals surface area contributed by atoms with E-state index in [1.807, 2.05) is 36.4 Å². The third-order valence-electron chi connectivity index (χ3n) is 8.39. The van der Waals surface area contributed by atoms with E-state index in [4.69, 9.17) is 9.47 Å². The molecule has 5 atom stereocenters. The Morgan fingerprint density at radius 1 is 1.12 bits per heavy atom. The van der Waals surface area contributed by atoms with E-state index < -0.39 is 23.8 Å². The monoisotopic (exact) mass is 542 g/mol. The number of nitrogens with one attached hydrogen (secondary N) is 1. The summed E-state index contributed by atoms with van der Waals surface area (Å²) >= 11 is 0. The molecule has 7 nitrogen and oxygen atoms in total. The molecule has 210 valence electrons. The highest BCUT2D eigenvalue weighted by Crippen LogP contribution is 2.49. The van der Waals surface area contributed by atoms with Crippen molar-refractivity contribution in [1.82, 2.24) is 10.3 Å². The number of carbonyl (C=O) groups is 2. The van der Waals surface area contributed by atoms with Crippen LogP contribution in [0, 0.1) is 11.8 Å². The van der Waals surface area contributed by atoms with E-state index in [1.165, 1.54) is 5.56 Å². The van der Waals surface area contributed by atoms with Crippen LogP contribution in [0.1, 0.15) is 50.8 Å². The molecule has 3 fully saturated rings. The summed E-state index contributed by atoms with van der Waals surface area (Å²) in [4.78, 5) is 30.2. The third-order valence-corrected chi connectivity index (χ3v) is 8.39. The molecule has 4 heterocycles. The highest BCUT2D eigenvalue weighted by Gasteiger charge is 2.55. The predicted octanol–water partition coefficient (Wildman–Crippen LogP) is 5.96. The first-order valence-corrected chi connectivity index (χ1v) is 14.2. The molecular weight excluding hydrogens is 502 g/mol. The number of pyridine rings is 1. The molecule has 3 aliphatic heterocycles. The summed E-state index contributed by atoms with van der Waals surface area (Å²) in [5, 5.41) is 3.54. The molecule has 2 bridgehead atoms. The van der Waals surface area contributed by atoms with Crippen LogP contribution in [0.15, 0.2) is 79.5 Å². The van der Waals surface area contributed by atoms with Crippen LogP contribution in [-0.4, -0.2) is 52.8 Å². The molecule has 7 heteroatoms. The van der Waals surface area contributed by atoms with Gasteiger partial charge in [-0.05, 0) is 38.8 Å². The normalized spacial score (nSPS) is 24.7. The van der Waals surface area contributed by atoms with E-state index >= 15 is 0 Å². The second-order valence-corrected chi connectivity index (χ2v) is 12.2. The summed E-state index contributed by atoms with van der Waals surface area (Å²) in [7, 11) is 0. The molecule has 40 heavy (non-hydrogen) atoms. The minimum atomic E-state index is -0.656. The van der Waals surface area contributed by atoms with Gasteiger partial charge in [0.05, 0.1) is 18.6 Å². The molecule has 1 amide bonds. The zero-order chi connectivity index (χ0) is 28.3. The molecule has 2 aromatic carbocycles. The highest BCUT2D eigenvalue weighted by atomic mass is 16.6. The first-order chi connectivity index (χ1) is 19.2. The number of rotatable bonds is 8. The minimum Gasteiger partial charge on any atom is -0.450 e. The number of esters is 1. The summed E-state index contributed by atoms with van der Waals surface area (Å²) in [5.41, 5.74) is 2.43. The summed E-state index contributed by atoms with van der Waals surface area (Å²) in [5.74, 6) is 0.429. The van der Waals surface area contributed by atoms with Crippen molar-refractivity contribution >= 4 is 23.0 Å². The Morgan fingerprint density at radius 2 is 1.88 bits per heavy atom. The van der Waals surface area contributed by atoms with E-state index in [0.717, 1.165) is 53.4 Å². The van der Waals surface area contributed by atoms with Crippen LogP contribution < -0.4 is 5.32 Å². The molecule has 3 aliphatic rings. The van der Waals surface area contributed by atoms with Gasteiger partial charge in [0.1, 0.15) is 24.7 Å². The van der Waals surface area contributed by atoms with E-state index in [-0.39, 0.29) is 12.6 Å². The second kappa shape index (κ2) is 11.4. The van der Waals surface area contributed by atoms with Crippen molar-refractivity contribution in [3.05, 3.63) is 90.6 Å². The number of fused-ring (bicyclic) bond motifs is 4. The lowest BCUT2D eigenvalue weighted by Crippen LogP contribution is -2.67. The van der Waals surface area contributed by atoms with E-state index in [2.05, 4.69) is 47.2 Å². The summed E-state index contributed by atoms with van der Waals surface area (Å²) in [6, 6.07) is 20.6. The topological polar surface area (TPSA) is 77.5 Å². The van der Waals surface area contributed by atoms with Crippen LogP contribution >= 0.6 is 0 Å². The molecule has 3 aromatic rings. The van der Waals surface area contributed by atoms with Crippen LogP contribution in [0.3, 0.4) is 0 Å². The fraction of sp³-hybridized carbons (Fsp3) is 0.424. The van der Waals surface area contributed by atoms with Crippen molar-refractivity contribution in [3.8, 4) is 0 Å². The van der Waals surface area contributed by atoms with Gasteiger partial charge in [0.25, 0.3) is 0 Å². The van der Waals surface area contributed by atoms with Crippen LogP contribution in [0.2, 0.25) is 0 Å². The van der Waals surface area contributed by atoms with Crippen LogP contribution in [0.25, 0.3) is 10.9 Å². The summed E-state index contributed by atoms with van der Waals surface area (Å²) in [6.07, 6.45) is 4.82. The highest BCUT2D eigenvalue weighted by molar-refractivity contribution is 5.83. The number of ether oxygens (including phenoxy) is 2. The van der Waals surface area contributed by atoms with Gasteiger partial charge in [-0.3, -0.25) is 9.78 Å². The number of carbonyl (C=O) groups excluding carboxylic acids is 2. The molecular formula is C33H40N3O4+. The number of amides is 1. The van der Waals surface area contributed by atoms with Crippen LogP contribution in [0.4, 0.5) is 4.79 Å². The summed E-state index contributed by atoms with van der Waals surface area (Å²) < 4.78 is 12.5. The van der Waals surface area contributed by atoms with Crippen molar-refractivity contribution in [2.45, 2.75) is 57.9 Å². The maximum Gasteiger partial charge on any atom is 0.408 e. The lowest BCUT2D eigenvalue weighted by Gasteiger charge is -2.58. The minimum absolute atomic E-state index is 0.0476. The van der Waals surface area contributed by atoms with Crippen LogP contribution in [0.5, 0.6) is 0 Å². The lowest BCUT2D eigenvalue weighted by molar-refractivity contribution is -0.984. The standard InChI is InChI=1S/C33H39N3O4/c1-5-24-22-36(21-23-11-7-6-8-12-23)18-16-25(24)19-29(36)31(27-15-17-34-28-14-10-9-13-26(27)28)39-30(37)20-35-32(38)40-33(2,3)4/h5-15,17,24-25,29,31H,1,16,18-22H2,2-4H3/p+1/t24-,25-,29+,31-,36?/m0/s1. The zero-order valence-corrected chi connectivity index (χ0v) is 23.7. The largest absolute Gasteiger partial charge is 0.450 e. The van der Waals surface area contributed by atoms with Crippen LogP contribution in [-0.2, 0) is 20.8 Å². The predicted molar refractivity (Wildman–Crippen MR) is 155 cm³/mol. The Bertz CT molecular complexity index is 1360. The molecule has 0 spiro atoms. The Labute approximate surface area is 236 Å². The number of quaternary nitrogens is 1. The molecule has 1 N–H and O–H groups in total. The molecule has 0 radical (unpaired) electrons. The molecule has 0 saturated carbocycles. The van der Waals surface area contributed by atoms with Gasteiger partial charge in [0, 0.05) is 41.5 Å². The van der Waals surface area contributed by atoms with Gasteiger partial charge >= 0.3 is 12.1 Å². The van der Waals surface area contributed by atoms with Gasteiger partial charge in [-0.2, -0.15) is 0 Å². The van der Waals surface area contributed by atoms with Gasteiger partial charge < -0.3 is 19.3 Å². The first-order valence-electron chi connectivity index (χ1n) is 14.2. The Kier molecular flexibility index (Phi) is 7.95. The van der Waals surface area contributed by atoms with Crippen molar-refractivity contribution in [3.63, 3.8) is 0 Å². The second-order valence-electron chi connectivity index (χ2n) is 12.2. The fourth-order valence-electron chi connectivity index (χ4n) is 6.67. The van der Waals surface area contributed by atoms with Crippen molar-refractivity contribution in [1.29, 1.82) is 0 Å². The van der Waals surface area contributed by atoms with E-state index in [1.54, 1.807) is 27.0 Å². The van der Waals surface area contributed by atoms with E-state index in [0.29, 0.717) is 11.8 Å². The van der Waals surface area contributed by atoms with E-state index in [9.17, 15) is 9.59 Å². The smallest absolute Gasteiger partial charge is 0.408 e. The Hall–Kier alpha value is -3.71. The number of nitrogens with zero attached hydrogens (tertiary/aromatic N) is 2. The molecule has 0 aliphatic carbocycles. The molecule has 3 saturated heterocycles. The number of hydrogen-bond donors (Lipinski definition) is 1. The quantitative estimate of drug-likeness (QED) is 0.216. The van der Waals surface area contributed by atoms with Gasteiger partial charge in [-0.15, -0.1) is 6.58 Å². The number of hydrogen-bond acceptors (Lipinski definition) is 5. The zero-order valence-electron chi connectivity index (χ0n) is 23.7. The first kappa shape index (κ1) is 27.8. The third kappa shape index (κ3) is 6.04. The fourth-order valence-corrected chi connectivity index (χ4v) is 6.67. The SMILES string of the molecule is C=C[C@H]1C[N+]2(Cc3ccccc3)CC[C@H]1C[C@@H]2[C@@H](OC(=O)CNC(=O)OC(C)(C)C)c1ccnc2ccccc12. The molecule has 1 unspecified atom stereocenters. The number of piperidine rings is 3. The number of benzene rings is 2. The lowest BCUT2D eigenvalue weighted by atomic mass is 9.71. The van der Waals surface area contributed by atoms with Crippen molar-refractivity contribution in [2.75, 3.05) is 19.6 Å². The molecule has 6 rings (SSSR count). The van der Waals surface area contributed by atoms with Crippen molar-refractivity contribution in [2.24, 2.45) is 11.8 Å². The number of alkyl carbamates (subject to hydrolysis) is 1. The molecule has 1 aromatic heterocycles. The van der Waals surface area contributed by atoms with Crippen molar-refractivity contribution < 1.29 is 23.5 Å². The maximum atomic E-state index is 13.3. The average molecular weight is 543 g/mol.